The van der Waals surface area contributed by atoms with E-state index >= 15 is 4.39 Å². The summed E-state index contributed by atoms with van der Waals surface area (Å²) < 4.78 is 31.6. The monoisotopic (exact) mass is 591 g/mol. The Morgan fingerprint density at radius 3 is 2.33 bits per heavy atom. The average molecular weight is 592 g/mol. The van der Waals surface area contributed by atoms with E-state index in [4.69, 9.17) is 6.42 Å². The van der Waals surface area contributed by atoms with E-state index < -0.39 is 47.6 Å². The van der Waals surface area contributed by atoms with Gasteiger partial charge in [-0.3, -0.25) is 14.4 Å². The van der Waals surface area contributed by atoms with E-state index in [0.29, 0.717) is 24.1 Å². The summed E-state index contributed by atoms with van der Waals surface area (Å²) in [5.41, 5.74) is 2.60. The number of carboxylic acids is 1. The largest absolute Gasteiger partial charge is 0.481 e. The predicted molar refractivity (Wildman–Crippen MR) is 164 cm³/mol. The topological polar surface area (TPSA) is 91.6 Å². The van der Waals surface area contributed by atoms with Crippen molar-refractivity contribution in [1.82, 2.24) is 14.8 Å². The van der Waals surface area contributed by atoms with Crippen molar-refractivity contribution in [2.45, 2.75) is 59.0 Å². The number of aromatic nitrogens is 1. The number of hydrogen-bond acceptors (Lipinski definition) is 4. The molecule has 0 aliphatic rings. The van der Waals surface area contributed by atoms with Crippen molar-refractivity contribution in [3.63, 3.8) is 0 Å². The molecule has 0 spiro atoms. The zero-order valence-corrected chi connectivity index (χ0v) is 25.5. The van der Waals surface area contributed by atoms with E-state index in [1.54, 1.807) is 0 Å². The summed E-state index contributed by atoms with van der Waals surface area (Å²) in [6.07, 6.45) is 7.05. The van der Waals surface area contributed by atoms with Crippen molar-refractivity contribution >= 4 is 11.9 Å². The first kappa shape index (κ1) is 33.2. The highest BCUT2D eigenvalue weighted by molar-refractivity contribution is 5.82. The SMILES string of the molecule is C#Cc1cc(-c2c(C)cccc2C)cc([C@H](CC(=O)O)NC(=O)[C@@H](CC(C)C)n2cc(CCN(C)C)cc(F)c2=O)c1F. The first-order valence-electron chi connectivity index (χ1n) is 14.2. The number of terminal acetylenes is 1. The third-order valence-electron chi connectivity index (χ3n) is 7.33. The van der Waals surface area contributed by atoms with E-state index in [1.807, 2.05) is 64.9 Å². The summed E-state index contributed by atoms with van der Waals surface area (Å²) in [4.78, 5) is 40.7. The molecular weight excluding hydrogens is 552 g/mol. The van der Waals surface area contributed by atoms with Crippen LogP contribution in [0.3, 0.4) is 0 Å². The van der Waals surface area contributed by atoms with Gasteiger partial charge in [-0.15, -0.1) is 6.42 Å². The number of aryl methyl sites for hydroxylation is 2. The van der Waals surface area contributed by atoms with Crippen LogP contribution in [-0.4, -0.2) is 47.1 Å². The van der Waals surface area contributed by atoms with Crippen LogP contribution in [0.1, 0.15) is 66.6 Å². The first-order valence-corrected chi connectivity index (χ1v) is 14.2. The van der Waals surface area contributed by atoms with Crippen LogP contribution < -0.4 is 10.9 Å². The molecule has 0 aliphatic carbocycles. The molecule has 2 aromatic carbocycles. The quantitative estimate of drug-likeness (QED) is 0.275. The molecule has 7 nitrogen and oxygen atoms in total. The summed E-state index contributed by atoms with van der Waals surface area (Å²) >= 11 is 0. The number of pyridine rings is 1. The summed E-state index contributed by atoms with van der Waals surface area (Å²) in [6.45, 7) is 8.08. The third kappa shape index (κ3) is 8.17. The molecule has 1 amide bonds. The molecular formula is C34H39F2N3O4. The number of halogens is 2. The van der Waals surface area contributed by atoms with Crippen LogP contribution in [0, 0.1) is 43.7 Å². The Labute approximate surface area is 251 Å². The standard InChI is InChI=1S/C34H39F2N3O4/c1-8-24-16-25(31-21(4)10-9-11-22(31)5)17-26(32(24)36)28(18-30(40)41)37-33(42)29(14-20(2)3)39-19-23(12-13-38(6)7)15-27(35)34(39)43/h1,9-11,15-17,19-20,28-29H,12-14,18H2,2-7H3,(H,37,42)(H,40,41)/t28-,29+/m0/s1. The number of carbonyl (C=O) groups is 2. The van der Waals surface area contributed by atoms with Gasteiger partial charge in [-0.2, -0.15) is 0 Å². The highest BCUT2D eigenvalue weighted by Crippen LogP contribution is 2.33. The van der Waals surface area contributed by atoms with Gasteiger partial charge < -0.3 is 19.9 Å². The van der Waals surface area contributed by atoms with Crippen molar-refractivity contribution in [2.75, 3.05) is 20.6 Å². The lowest BCUT2D eigenvalue weighted by Crippen LogP contribution is -2.41. The lowest BCUT2D eigenvalue weighted by atomic mass is 9.90. The molecule has 3 aromatic rings. The maximum Gasteiger partial charge on any atom is 0.305 e. The van der Waals surface area contributed by atoms with E-state index in [1.165, 1.54) is 18.3 Å². The molecule has 1 heterocycles. The van der Waals surface area contributed by atoms with Crippen molar-refractivity contribution in [3.8, 4) is 23.5 Å². The molecule has 0 saturated carbocycles. The zero-order chi connectivity index (χ0) is 32.0. The van der Waals surface area contributed by atoms with Gasteiger partial charge in [0.25, 0.3) is 5.56 Å². The van der Waals surface area contributed by atoms with Crippen LogP contribution in [0.15, 0.2) is 47.4 Å². The number of carboxylic acid groups (broad SMARTS) is 1. The van der Waals surface area contributed by atoms with Gasteiger partial charge in [0.05, 0.1) is 18.0 Å². The highest BCUT2D eigenvalue weighted by atomic mass is 19.1. The fourth-order valence-electron chi connectivity index (χ4n) is 5.24. The molecule has 43 heavy (non-hydrogen) atoms. The first-order chi connectivity index (χ1) is 20.2. The molecule has 9 heteroatoms. The van der Waals surface area contributed by atoms with Crippen LogP contribution in [-0.2, 0) is 16.0 Å². The number of hydrogen-bond donors (Lipinski definition) is 2. The Bertz CT molecular complexity index is 1580. The van der Waals surface area contributed by atoms with Crippen LogP contribution in [0.5, 0.6) is 0 Å². The number of nitrogens with one attached hydrogen (secondary N) is 1. The number of amides is 1. The fraction of sp³-hybridized carbons (Fsp3) is 0.382. The van der Waals surface area contributed by atoms with E-state index in [0.717, 1.165) is 27.3 Å². The second kappa shape index (κ2) is 14.3. The summed E-state index contributed by atoms with van der Waals surface area (Å²) in [7, 11) is 3.73. The predicted octanol–water partition coefficient (Wildman–Crippen LogP) is 5.42. The van der Waals surface area contributed by atoms with Crippen LogP contribution in [0.2, 0.25) is 0 Å². The third-order valence-corrected chi connectivity index (χ3v) is 7.33. The number of rotatable bonds is 12. The maximum atomic E-state index is 15.8. The molecule has 0 aliphatic heterocycles. The minimum Gasteiger partial charge on any atom is -0.481 e. The minimum atomic E-state index is -1.33. The second-order valence-corrected chi connectivity index (χ2v) is 11.6. The van der Waals surface area contributed by atoms with Gasteiger partial charge in [-0.25, -0.2) is 8.78 Å². The number of nitrogens with zero attached hydrogens (tertiary/aromatic N) is 2. The summed E-state index contributed by atoms with van der Waals surface area (Å²) in [5, 5.41) is 12.4. The van der Waals surface area contributed by atoms with Crippen LogP contribution in [0.25, 0.3) is 11.1 Å². The fourth-order valence-corrected chi connectivity index (χ4v) is 5.24. The minimum absolute atomic E-state index is 0.0783. The van der Waals surface area contributed by atoms with Gasteiger partial charge in [0.1, 0.15) is 11.9 Å². The lowest BCUT2D eigenvalue weighted by Gasteiger charge is -2.26. The zero-order valence-electron chi connectivity index (χ0n) is 25.5. The highest BCUT2D eigenvalue weighted by Gasteiger charge is 2.30. The smallest absolute Gasteiger partial charge is 0.305 e. The average Bonchev–Trinajstić information content (AvgIpc) is 2.92. The number of likely N-dealkylation sites (N-methyl/N-ethyl adjacent to an activating group) is 1. The lowest BCUT2D eigenvalue weighted by molar-refractivity contribution is -0.138. The van der Waals surface area contributed by atoms with Gasteiger partial charge in [0.2, 0.25) is 5.91 Å². The Morgan fingerprint density at radius 2 is 1.77 bits per heavy atom. The molecule has 228 valence electrons. The van der Waals surface area contributed by atoms with Crippen molar-refractivity contribution in [3.05, 3.63) is 92.4 Å². The van der Waals surface area contributed by atoms with Gasteiger partial charge in [0, 0.05) is 18.3 Å². The van der Waals surface area contributed by atoms with Crippen molar-refractivity contribution in [1.29, 1.82) is 0 Å². The molecule has 3 rings (SSSR count). The van der Waals surface area contributed by atoms with Crippen LogP contribution >= 0.6 is 0 Å². The number of aliphatic carboxylic acids is 1. The van der Waals surface area contributed by atoms with Gasteiger partial charge in [0.15, 0.2) is 5.82 Å². The van der Waals surface area contributed by atoms with E-state index in [-0.39, 0.29) is 23.5 Å². The van der Waals surface area contributed by atoms with Crippen LogP contribution in [0.4, 0.5) is 8.78 Å². The Morgan fingerprint density at radius 1 is 1.12 bits per heavy atom. The number of benzene rings is 2. The molecule has 2 N–H and O–H groups in total. The van der Waals surface area contributed by atoms with Gasteiger partial charge >= 0.3 is 5.97 Å². The molecule has 0 radical (unpaired) electrons. The molecule has 2 atom stereocenters. The normalized spacial score (nSPS) is 12.7. The molecule has 0 fully saturated rings. The van der Waals surface area contributed by atoms with Crippen molar-refractivity contribution in [2.24, 2.45) is 5.92 Å². The van der Waals surface area contributed by atoms with E-state index in [2.05, 4.69) is 11.2 Å². The number of carbonyl (C=O) groups excluding carboxylic acids is 1. The molecule has 0 bridgehead atoms. The summed E-state index contributed by atoms with van der Waals surface area (Å²) in [5.74, 6) is -1.58. The van der Waals surface area contributed by atoms with Gasteiger partial charge in [-0.05, 0) is 92.7 Å². The molecule has 0 saturated heterocycles. The summed E-state index contributed by atoms with van der Waals surface area (Å²) in [6, 6.07) is 7.39. The van der Waals surface area contributed by atoms with Crippen molar-refractivity contribution < 1.29 is 23.5 Å². The Balaban J connectivity index is 2.13. The Hall–Kier alpha value is -4.29. The van der Waals surface area contributed by atoms with E-state index in [9.17, 15) is 23.9 Å². The second-order valence-electron chi connectivity index (χ2n) is 11.6. The molecule has 1 aromatic heterocycles. The molecule has 0 unspecified atom stereocenters. The maximum absolute atomic E-state index is 15.8. The Kier molecular flexibility index (Phi) is 11.0. The van der Waals surface area contributed by atoms with Gasteiger partial charge in [-0.1, -0.05) is 38.0 Å².